The number of thiocarbonyl (C=S) groups is 1. The Morgan fingerprint density at radius 3 is 2.67 bits per heavy atom. The predicted octanol–water partition coefficient (Wildman–Crippen LogP) is 1.31. The third kappa shape index (κ3) is 3.97. The van der Waals surface area contributed by atoms with Crippen LogP contribution in [-0.4, -0.2) is 32.2 Å². The summed E-state index contributed by atoms with van der Waals surface area (Å²) >= 11 is 5.16. The maximum Gasteiger partial charge on any atom is 0.279 e. The quantitative estimate of drug-likeness (QED) is 0.525. The van der Waals surface area contributed by atoms with Gasteiger partial charge in [0.1, 0.15) is 0 Å². The van der Waals surface area contributed by atoms with Gasteiger partial charge in [0.15, 0.2) is 10.8 Å². The number of rotatable bonds is 3. The van der Waals surface area contributed by atoms with Gasteiger partial charge in [0.2, 0.25) is 10.0 Å². The number of benzene rings is 2. The zero-order valence-corrected chi connectivity index (χ0v) is 16.2. The molecular formula is C17H17N5O3S2. The van der Waals surface area contributed by atoms with Crippen molar-refractivity contribution in [2.24, 2.45) is 10.2 Å². The normalized spacial score (nSPS) is 15.0. The number of anilines is 2. The molecule has 0 unspecified atom stereocenters. The summed E-state index contributed by atoms with van der Waals surface area (Å²) in [6.45, 7) is 1.93. The molecule has 27 heavy (non-hydrogen) atoms. The number of likely N-dealkylation sites (N-methyl/N-ethyl adjacent to an activating group) is 1. The van der Waals surface area contributed by atoms with Gasteiger partial charge in [-0.2, -0.15) is 5.10 Å². The Morgan fingerprint density at radius 1 is 1.22 bits per heavy atom. The van der Waals surface area contributed by atoms with Crippen LogP contribution in [0.5, 0.6) is 0 Å². The second-order valence-electron chi connectivity index (χ2n) is 5.98. The van der Waals surface area contributed by atoms with E-state index in [1.807, 2.05) is 25.1 Å². The van der Waals surface area contributed by atoms with Gasteiger partial charge in [0.25, 0.3) is 5.91 Å². The van der Waals surface area contributed by atoms with Crippen molar-refractivity contribution in [3.05, 3.63) is 53.6 Å². The van der Waals surface area contributed by atoms with Crippen LogP contribution in [-0.2, 0) is 14.8 Å². The van der Waals surface area contributed by atoms with Gasteiger partial charge >= 0.3 is 0 Å². The molecule has 1 aliphatic rings. The highest BCUT2D eigenvalue weighted by atomic mass is 32.2. The van der Waals surface area contributed by atoms with E-state index >= 15 is 0 Å². The molecule has 10 heteroatoms. The van der Waals surface area contributed by atoms with E-state index in [1.165, 1.54) is 23.1 Å². The second-order valence-corrected chi connectivity index (χ2v) is 7.95. The first kappa shape index (κ1) is 19.0. The van der Waals surface area contributed by atoms with Crippen LogP contribution in [0, 0.1) is 6.92 Å². The Kier molecular flexibility index (Phi) is 4.96. The topological polar surface area (TPSA) is 117 Å². The van der Waals surface area contributed by atoms with Crippen molar-refractivity contribution < 1.29 is 13.2 Å². The molecular weight excluding hydrogens is 386 g/mol. The number of nitrogens with zero attached hydrogens (tertiary/aromatic N) is 2. The van der Waals surface area contributed by atoms with E-state index in [9.17, 15) is 13.2 Å². The first-order valence-electron chi connectivity index (χ1n) is 7.83. The van der Waals surface area contributed by atoms with Crippen molar-refractivity contribution in [2.45, 2.75) is 11.8 Å². The molecule has 2 aromatic carbocycles. The lowest BCUT2D eigenvalue weighted by Gasteiger charge is -2.09. The Morgan fingerprint density at radius 2 is 1.96 bits per heavy atom. The summed E-state index contributed by atoms with van der Waals surface area (Å²) in [5, 5.41) is 12.2. The smallest absolute Gasteiger partial charge is 0.279 e. The fourth-order valence-electron chi connectivity index (χ4n) is 2.64. The highest BCUT2D eigenvalue weighted by Crippen LogP contribution is 2.28. The molecule has 0 radical (unpaired) electrons. The Bertz CT molecular complexity index is 1080. The van der Waals surface area contributed by atoms with Crippen LogP contribution in [0.25, 0.3) is 0 Å². The Hall–Kier alpha value is -2.82. The molecule has 0 saturated carbocycles. The molecule has 2 aromatic rings. The standard InChI is InChI=1S/C17H17N5O3S2/c1-10-6-7-14-13(8-10)15(16(23)22(14)2)20-21-17(26)19-11-4-3-5-12(9-11)27(18,24)25/h3-9H,1-2H3,(H2,18,24,25)(H2,19,21,26). The summed E-state index contributed by atoms with van der Waals surface area (Å²) in [4.78, 5) is 13.9. The molecule has 0 saturated heterocycles. The van der Waals surface area contributed by atoms with Crippen LogP contribution in [0.1, 0.15) is 11.1 Å². The molecule has 4 N–H and O–H groups in total. The third-order valence-corrected chi connectivity index (χ3v) is 5.07. The molecule has 3 rings (SSSR count). The van der Waals surface area contributed by atoms with Crippen molar-refractivity contribution in [2.75, 3.05) is 17.3 Å². The summed E-state index contributed by atoms with van der Waals surface area (Å²) in [6.07, 6.45) is 0. The lowest BCUT2D eigenvalue weighted by molar-refractivity contribution is -0.111. The van der Waals surface area contributed by atoms with Crippen molar-refractivity contribution in [1.29, 1.82) is 0 Å². The lowest BCUT2D eigenvalue weighted by atomic mass is 10.1. The number of hydrazone groups is 1. The van der Waals surface area contributed by atoms with Crippen molar-refractivity contribution >= 4 is 50.3 Å². The number of carbonyl (C=O) groups is 1. The fourth-order valence-corrected chi connectivity index (χ4v) is 3.36. The first-order chi connectivity index (χ1) is 12.7. The Labute approximate surface area is 162 Å². The van der Waals surface area contributed by atoms with Gasteiger partial charge in [0.05, 0.1) is 10.6 Å². The van der Waals surface area contributed by atoms with Gasteiger partial charge in [-0.3, -0.25) is 10.2 Å². The molecule has 0 spiro atoms. The monoisotopic (exact) mass is 403 g/mol. The van der Waals surface area contributed by atoms with Crippen LogP contribution in [0.3, 0.4) is 0 Å². The number of nitrogens with two attached hydrogens (primary N) is 1. The first-order valence-corrected chi connectivity index (χ1v) is 9.79. The zero-order chi connectivity index (χ0) is 19.8. The number of aryl methyl sites for hydroxylation is 1. The molecule has 140 valence electrons. The van der Waals surface area contributed by atoms with Gasteiger partial charge < -0.3 is 10.2 Å². The minimum atomic E-state index is -3.82. The van der Waals surface area contributed by atoms with E-state index in [1.54, 1.807) is 13.1 Å². The molecule has 1 amide bonds. The summed E-state index contributed by atoms with van der Waals surface area (Å²) in [7, 11) is -2.14. The highest BCUT2D eigenvalue weighted by molar-refractivity contribution is 7.89. The van der Waals surface area contributed by atoms with Gasteiger partial charge in [-0.25, -0.2) is 13.6 Å². The van der Waals surface area contributed by atoms with E-state index in [-0.39, 0.29) is 21.6 Å². The van der Waals surface area contributed by atoms with Crippen LogP contribution < -0.4 is 20.8 Å². The molecule has 0 bridgehead atoms. The molecule has 0 atom stereocenters. The number of amides is 1. The maximum absolute atomic E-state index is 12.4. The highest BCUT2D eigenvalue weighted by Gasteiger charge is 2.31. The van der Waals surface area contributed by atoms with Crippen LogP contribution in [0.4, 0.5) is 11.4 Å². The van der Waals surface area contributed by atoms with E-state index < -0.39 is 10.0 Å². The number of carbonyl (C=O) groups excluding carboxylic acids is 1. The number of hydrogen-bond donors (Lipinski definition) is 3. The summed E-state index contributed by atoms with van der Waals surface area (Å²) in [6, 6.07) is 11.6. The summed E-state index contributed by atoms with van der Waals surface area (Å²) in [5.41, 5.74) is 5.78. The summed E-state index contributed by atoms with van der Waals surface area (Å²) < 4.78 is 22.8. The maximum atomic E-state index is 12.4. The van der Waals surface area contributed by atoms with Crippen LogP contribution >= 0.6 is 12.2 Å². The van der Waals surface area contributed by atoms with Gasteiger partial charge in [-0.15, -0.1) is 0 Å². The lowest BCUT2D eigenvalue weighted by Crippen LogP contribution is -2.30. The second kappa shape index (κ2) is 7.06. The predicted molar refractivity (Wildman–Crippen MR) is 108 cm³/mol. The molecule has 0 aliphatic carbocycles. The largest absolute Gasteiger partial charge is 0.331 e. The average Bonchev–Trinajstić information content (AvgIpc) is 2.83. The van der Waals surface area contributed by atoms with Gasteiger partial charge in [-0.1, -0.05) is 17.7 Å². The molecule has 1 aliphatic heterocycles. The minimum absolute atomic E-state index is 0.0430. The number of hydrogen-bond acceptors (Lipinski definition) is 5. The number of primary sulfonamides is 1. The van der Waals surface area contributed by atoms with E-state index in [2.05, 4.69) is 15.8 Å². The molecule has 1 heterocycles. The number of nitrogens with one attached hydrogen (secondary N) is 2. The number of fused-ring (bicyclic) bond motifs is 1. The fraction of sp³-hybridized carbons (Fsp3) is 0.118. The van der Waals surface area contributed by atoms with E-state index in [0.717, 1.165) is 11.3 Å². The minimum Gasteiger partial charge on any atom is -0.331 e. The van der Waals surface area contributed by atoms with Crippen LogP contribution in [0.2, 0.25) is 0 Å². The van der Waals surface area contributed by atoms with E-state index in [4.69, 9.17) is 17.4 Å². The SMILES string of the molecule is Cc1ccc2c(c1)C(=NNC(=S)Nc1cccc(S(N)(=O)=O)c1)C(=O)N2C. The van der Waals surface area contributed by atoms with Crippen molar-refractivity contribution in [3.63, 3.8) is 0 Å². The molecule has 0 aromatic heterocycles. The van der Waals surface area contributed by atoms with E-state index in [0.29, 0.717) is 11.3 Å². The average molecular weight is 403 g/mol. The Balaban J connectivity index is 1.78. The van der Waals surface area contributed by atoms with Crippen molar-refractivity contribution in [3.8, 4) is 0 Å². The third-order valence-electron chi connectivity index (χ3n) is 3.97. The molecule has 0 fully saturated rings. The van der Waals surface area contributed by atoms with Crippen LogP contribution in [0.15, 0.2) is 52.5 Å². The molecule has 8 nitrogen and oxygen atoms in total. The zero-order valence-electron chi connectivity index (χ0n) is 14.6. The van der Waals surface area contributed by atoms with Gasteiger partial charge in [0, 0.05) is 18.3 Å². The van der Waals surface area contributed by atoms with Crippen molar-refractivity contribution in [1.82, 2.24) is 5.43 Å². The summed E-state index contributed by atoms with van der Waals surface area (Å²) in [5.74, 6) is -0.248. The number of sulfonamides is 1. The van der Waals surface area contributed by atoms with Gasteiger partial charge in [-0.05, 0) is 49.5 Å².